The number of aryl methyl sites for hydroxylation is 1. The summed E-state index contributed by atoms with van der Waals surface area (Å²) in [6.45, 7) is 4.02. The molecule has 1 saturated heterocycles. The highest BCUT2D eigenvalue weighted by molar-refractivity contribution is 5.93. The summed E-state index contributed by atoms with van der Waals surface area (Å²) < 4.78 is 4.93. The van der Waals surface area contributed by atoms with Crippen LogP contribution in [0.1, 0.15) is 48.9 Å². The van der Waals surface area contributed by atoms with E-state index in [1.54, 1.807) is 24.8 Å². The number of likely N-dealkylation sites (tertiary alicyclic amines) is 1. The second-order valence-electron chi connectivity index (χ2n) is 4.88. The van der Waals surface area contributed by atoms with Crippen molar-refractivity contribution in [1.29, 1.82) is 0 Å². The van der Waals surface area contributed by atoms with Crippen LogP contribution in [-0.4, -0.2) is 34.3 Å². The fourth-order valence-electron chi connectivity index (χ4n) is 2.43. The number of piperidine rings is 1. The van der Waals surface area contributed by atoms with E-state index in [4.69, 9.17) is 4.52 Å². The summed E-state index contributed by atoms with van der Waals surface area (Å²) in [5.41, 5.74) is 0.336. The Labute approximate surface area is 106 Å². The largest absolute Gasteiger partial charge is 0.361 e. The van der Waals surface area contributed by atoms with Crippen LogP contribution in [-0.2, 0) is 4.79 Å². The molecule has 2 rings (SSSR count). The van der Waals surface area contributed by atoms with Crippen molar-refractivity contribution >= 4 is 11.7 Å². The van der Waals surface area contributed by atoms with E-state index in [1.165, 1.54) is 0 Å². The van der Waals surface area contributed by atoms with Gasteiger partial charge >= 0.3 is 0 Å². The molecule has 0 saturated carbocycles. The second kappa shape index (κ2) is 5.33. The number of hydrogen-bond donors (Lipinski definition) is 0. The minimum absolute atomic E-state index is 0.0146. The Morgan fingerprint density at radius 3 is 2.89 bits per heavy atom. The van der Waals surface area contributed by atoms with E-state index < -0.39 is 0 Å². The predicted octanol–water partition coefficient (Wildman–Crippen LogP) is 1.96. The van der Waals surface area contributed by atoms with E-state index >= 15 is 0 Å². The van der Waals surface area contributed by atoms with E-state index in [1.807, 2.05) is 0 Å². The first-order chi connectivity index (χ1) is 8.58. The van der Waals surface area contributed by atoms with Gasteiger partial charge in [-0.3, -0.25) is 9.59 Å². The van der Waals surface area contributed by atoms with Crippen LogP contribution in [0.2, 0.25) is 0 Å². The maximum Gasteiger partial charge on any atom is 0.276 e. The molecular weight excluding hydrogens is 232 g/mol. The Hall–Kier alpha value is -1.65. The third kappa shape index (κ3) is 2.78. The van der Waals surface area contributed by atoms with Gasteiger partial charge < -0.3 is 9.42 Å². The molecule has 1 fully saturated rings. The first-order valence-corrected chi connectivity index (χ1v) is 6.31. The summed E-state index contributed by atoms with van der Waals surface area (Å²) >= 11 is 0. The molecule has 0 aromatic carbocycles. The molecule has 5 heteroatoms. The molecule has 98 valence electrons. The van der Waals surface area contributed by atoms with Crippen LogP contribution in [0.5, 0.6) is 0 Å². The molecule has 1 amide bonds. The van der Waals surface area contributed by atoms with Crippen LogP contribution >= 0.6 is 0 Å². The number of amides is 1. The number of hydrogen-bond acceptors (Lipinski definition) is 4. The van der Waals surface area contributed by atoms with Gasteiger partial charge in [0.25, 0.3) is 5.91 Å². The van der Waals surface area contributed by atoms with Crippen LogP contribution in [0, 0.1) is 6.92 Å². The van der Waals surface area contributed by atoms with Crippen molar-refractivity contribution in [2.24, 2.45) is 0 Å². The number of Topliss-reactive ketones (excluding diaryl/α,β-unsaturated/α-hetero) is 1. The molecule has 1 aromatic rings. The number of nitrogens with zero attached hydrogens (tertiary/aromatic N) is 2. The first kappa shape index (κ1) is 12.8. The van der Waals surface area contributed by atoms with Gasteiger partial charge in [-0.15, -0.1) is 0 Å². The Bertz CT molecular complexity index is 453. The molecule has 1 unspecified atom stereocenters. The smallest absolute Gasteiger partial charge is 0.276 e. The zero-order valence-electron chi connectivity index (χ0n) is 10.8. The molecule has 1 aliphatic rings. The zero-order chi connectivity index (χ0) is 13.1. The molecule has 0 radical (unpaired) electrons. The quantitative estimate of drug-likeness (QED) is 0.822. The van der Waals surface area contributed by atoms with Gasteiger partial charge in [0.05, 0.1) is 0 Å². The minimum Gasteiger partial charge on any atom is -0.361 e. The van der Waals surface area contributed by atoms with E-state index in [2.05, 4.69) is 5.16 Å². The number of ketones is 1. The van der Waals surface area contributed by atoms with Crippen molar-refractivity contribution in [1.82, 2.24) is 10.1 Å². The summed E-state index contributed by atoms with van der Waals surface area (Å²) in [6, 6.07) is 1.66. The first-order valence-electron chi connectivity index (χ1n) is 6.31. The van der Waals surface area contributed by atoms with Gasteiger partial charge in [0.15, 0.2) is 5.69 Å². The molecule has 5 nitrogen and oxygen atoms in total. The van der Waals surface area contributed by atoms with Gasteiger partial charge in [0.1, 0.15) is 11.5 Å². The number of aromatic nitrogens is 1. The van der Waals surface area contributed by atoms with E-state index in [-0.39, 0.29) is 17.7 Å². The van der Waals surface area contributed by atoms with Gasteiger partial charge in [0.2, 0.25) is 0 Å². The highest BCUT2D eigenvalue weighted by Gasteiger charge is 2.29. The van der Waals surface area contributed by atoms with Gasteiger partial charge in [-0.25, -0.2) is 0 Å². The lowest BCUT2D eigenvalue weighted by Crippen LogP contribution is -2.44. The van der Waals surface area contributed by atoms with Crippen LogP contribution in [0.25, 0.3) is 0 Å². The van der Waals surface area contributed by atoms with Crippen molar-refractivity contribution in [2.45, 2.75) is 45.6 Å². The molecular formula is C13H18N2O3. The summed E-state index contributed by atoms with van der Waals surface area (Å²) in [6.07, 6.45) is 3.38. The fourth-order valence-corrected chi connectivity index (χ4v) is 2.43. The maximum absolute atomic E-state index is 12.3. The fraction of sp³-hybridized carbons (Fsp3) is 0.615. The summed E-state index contributed by atoms with van der Waals surface area (Å²) in [5, 5.41) is 3.75. The van der Waals surface area contributed by atoms with Gasteiger partial charge in [0, 0.05) is 25.1 Å². The average molecular weight is 250 g/mol. The average Bonchev–Trinajstić information content (AvgIpc) is 2.75. The lowest BCUT2D eigenvalue weighted by molar-refractivity contribution is -0.118. The van der Waals surface area contributed by atoms with Crippen molar-refractivity contribution in [3.63, 3.8) is 0 Å². The van der Waals surface area contributed by atoms with Crippen molar-refractivity contribution < 1.29 is 14.1 Å². The Balaban J connectivity index is 2.13. The summed E-state index contributed by atoms with van der Waals surface area (Å²) in [7, 11) is 0. The predicted molar refractivity (Wildman–Crippen MR) is 65.2 cm³/mol. The van der Waals surface area contributed by atoms with Crippen LogP contribution in [0.3, 0.4) is 0 Å². The summed E-state index contributed by atoms with van der Waals surface area (Å²) in [4.78, 5) is 25.3. The molecule has 18 heavy (non-hydrogen) atoms. The normalized spacial score (nSPS) is 19.9. The van der Waals surface area contributed by atoms with Gasteiger partial charge in [-0.1, -0.05) is 5.16 Å². The van der Waals surface area contributed by atoms with E-state index in [0.29, 0.717) is 24.4 Å². The molecule has 0 N–H and O–H groups in total. The molecule has 1 aliphatic heterocycles. The lowest BCUT2D eigenvalue weighted by atomic mass is 9.97. The van der Waals surface area contributed by atoms with Gasteiger partial charge in [-0.2, -0.15) is 0 Å². The highest BCUT2D eigenvalue weighted by atomic mass is 16.5. The van der Waals surface area contributed by atoms with Crippen molar-refractivity contribution in [3.8, 4) is 0 Å². The molecule has 0 spiro atoms. The zero-order valence-corrected chi connectivity index (χ0v) is 10.8. The summed E-state index contributed by atoms with van der Waals surface area (Å²) in [5.74, 6) is 0.618. The number of carbonyl (C=O) groups excluding carboxylic acids is 2. The van der Waals surface area contributed by atoms with Crippen LogP contribution in [0.4, 0.5) is 0 Å². The molecule has 0 aliphatic carbocycles. The minimum atomic E-state index is -0.127. The Morgan fingerprint density at radius 1 is 1.50 bits per heavy atom. The highest BCUT2D eigenvalue weighted by Crippen LogP contribution is 2.22. The Morgan fingerprint density at radius 2 is 2.28 bits per heavy atom. The van der Waals surface area contributed by atoms with E-state index in [0.717, 1.165) is 19.3 Å². The standard InChI is InChI=1S/C13H18N2O3/c1-9(16)7-11-5-3-4-6-15(11)13(17)12-8-10(2)18-14-12/h8,11H,3-7H2,1-2H3. The SMILES string of the molecule is CC(=O)CC1CCCCN1C(=O)c1cc(C)on1. The van der Waals surface area contributed by atoms with Crippen molar-refractivity contribution in [3.05, 3.63) is 17.5 Å². The van der Waals surface area contributed by atoms with Gasteiger partial charge in [-0.05, 0) is 33.1 Å². The molecule has 0 bridgehead atoms. The topological polar surface area (TPSA) is 63.4 Å². The monoisotopic (exact) mass is 250 g/mol. The van der Waals surface area contributed by atoms with Crippen LogP contribution < -0.4 is 0 Å². The third-order valence-corrected chi connectivity index (χ3v) is 3.26. The second-order valence-corrected chi connectivity index (χ2v) is 4.88. The third-order valence-electron chi connectivity index (χ3n) is 3.26. The molecule has 1 aromatic heterocycles. The van der Waals surface area contributed by atoms with Crippen molar-refractivity contribution in [2.75, 3.05) is 6.54 Å². The number of rotatable bonds is 3. The van der Waals surface area contributed by atoms with E-state index in [9.17, 15) is 9.59 Å². The maximum atomic E-state index is 12.3. The molecule has 2 heterocycles. The Kier molecular flexibility index (Phi) is 3.79. The molecule has 1 atom stereocenters. The lowest BCUT2D eigenvalue weighted by Gasteiger charge is -2.34. The number of carbonyl (C=O) groups is 2. The van der Waals surface area contributed by atoms with Crippen LogP contribution in [0.15, 0.2) is 10.6 Å².